The molecule has 7 heteroatoms. The topological polar surface area (TPSA) is 63.8 Å². The van der Waals surface area contributed by atoms with Crippen molar-refractivity contribution in [3.8, 4) is 17.1 Å². The number of halogens is 2. The summed E-state index contributed by atoms with van der Waals surface area (Å²) in [5.74, 6) is 1.37. The van der Waals surface area contributed by atoms with Gasteiger partial charge in [-0.25, -0.2) is 5.43 Å². The molecule has 0 saturated carbocycles. The van der Waals surface area contributed by atoms with Crippen LogP contribution in [-0.2, 0) is 4.79 Å². The molecule has 3 rings (SSSR count). The van der Waals surface area contributed by atoms with Gasteiger partial charge in [0.2, 0.25) is 0 Å². The van der Waals surface area contributed by atoms with E-state index < -0.39 is 0 Å². The molecule has 0 saturated heterocycles. The van der Waals surface area contributed by atoms with E-state index in [9.17, 15) is 4.79 Å². The number of carbonyl (C=O) groups is 1. The number of aryl methyl sites for hydroxylation is 2. The molecule has 1 amide bonds. The van der Waals surface area contributed by atoms with Crippen molar-refractivity contribution >= 4 is 35.3 Å². The molecule has 0 fully saturated rings. The molecule has 0 bridgehead atoms. The van der Waals surface area contributed by atoms with E-state index >= 15 is 0 Å². The number of furan rings is 1. The second kappa shape index (κ2) is 8.95. The summed E-state index contributed by atoms with van der Waals surface area (Å²) in [5.41, 5.74) is 5.11. The number of amides is 1. The Morgan fingerprint density at radius 1 is 1.11 bits per heavy atom. The van der Waals surface area contributed by atoms with Gasteiger partial charge in [0.25, 0.3) is 5.91 Å². The minimum absolute atomic E-state index is 0.162. The molecule has 1 N–H and O–H groups in total. The number of carbonyl (C=O) groups excluding carboxylic acids is 1. The Labute approximate surface area is 172 Å². The number of hydrogen-bond acceptors (Lipinski definition) is 4. The van der Waals surface area contributed by atoms with E-state index in [0.717, 1.165) is 16.7 Å². The number of benzene rings is 2. The van der Waals surface area contributed by atoms with E-state index in [2.05, 4.69) is 10.5 Å². The van der Waals surface area contributed by atoms with E-state index in [4.69, 9.17) is 32.4 Å². The zero-order valence-electron chi connectivity index (χ0n) is 15.3. The molecule has 0 aliphatic rings. The summed E-state index contributed by atoms with van der Waals surface area (Å²) in [6.07, 6.45) is 1.42. The molecule has 0 aliphatic heterocycles. The Balaban J connectivity index is 1.53. The van der Waals surface area contributed by atoms with Crippen LogP contribution in [0.5, 0.6) is 5.75 Å². The maximum absolute atomic E-state index is 11.9. The average molecular weight is 417 g/mol. The van der Waals surface area contributed by atoms with Crippen LogP contribution in [0.3, 0.4) is 0 Å². The minimum Gasteiger partial charge on any atom is -0.483 e. The van der Waals surface area contributed by atoms with Crippen LogP contribution in [0.15, 0.2) is 58.0 Å². The lowest BCUT2D eigenvalue weighted by molar-refractivity contribution is -0.123. The normalized spacial score (nSPS) is 11.0. The van der Waals surface area contributed by atoms with E-state index in [1.54, 1.807) is 24.3 Å². The fourth-order valence-electron chi connectivity index (χ4n) is 2.44. The Kier molecular flexibility index (Phi) is 6.39. The van der Waals surface area contributed by atoms with Crippen LogP contribution in [0.2, 0.25) is 10.0 Å². The van der Waals surface area contributed by atoms with Gasteiger partial charge in [0, 0.05) is 15.6 Å². The monoisotopic (exact) mass is 416 g/mol. The van der Waals surface area contributed by atoms with Crippen molar-refractivity contribution in [2.45, 2.75) is 13.8 Å². The molecule has 0 radical (unpaired) electrons. The van der Waals surface area contributed by atoms with Crippen molar-refractivity contribution in [1.82, 2.24) is 5.43 Å². The van der Waals surface area contributed by atoms with Gasteiger partial charge in [0.1, 0.15) is 17.3 Å². The summed E-state index contributed by atoms with van der Waals surface area (Å²) in [6.45, 7) is 3.63. The van der Waals surface area contributed by atoms with E-state index in [1.165, 1.54) is 6.21 Å². The van der Waals surface area contributed by atoms with Crippen molar-refractivity contribution in [1.29, 1.82) is 0 Å². The number of nitrogens with one attached hydrogen (secondary N) is 1. The molecular formula is C21H18Cl2N2O3. The zero-order chi connectivity index (χ0) is 20.1. The number of hydrazone groups is 1. The number of ether oxygens (including phenoxy) is 1. The first-order chi connectivity index (χ1) is 13.4. The highest BCUT2D eigenvalue weighted by Crippen LogP contribution is 2.26. The molecule has 28 heavy (non-hydrogen) atoms. The van der Waals surface area contributed by atoms with E-state index in [-0.39, 0.29) is 12.5 Å². The van der Waals surface area contributed by atoms with Crippen LogP contribution in [0.1, 0.15) is 16.9 Å². The molecule has 1 aromatic heterocycles. The Bertz CT molecular complexity index is 1030. The molecule has 2 aromatic carbocycles. The quantitative estimate of drug-likeness (QED) is 0.432. The SMILES string of the molecule is Cc1ccc(-c2ccc(C=NNC(=O)COc3ccc(Cl)cc3C)o2)cc1Cl. The van der Waals surface area contributed by atoms with Gasteiger partial charge >= 0.3 is 0 Å². The fraction of sp³-hybridized carbons (Fsp3) is 0.143. The first kappa shape index (κ1) is 20.0. The standard InChI is InChI=1S/C21H18Cl2N2O3/c1-13-3-4-15(10-18(13)23)20-8-6-17(28-20)11-24-25-21(26)12-27-19-7-5-16(22)9-14(19)2/h3-11H,12H2,1-2H3,(H,25,26). The summed E-state index contributed by atoms with van der Waals surface area (Å²) < 4.78 is 11.2. The van der Waals surface area contributed by atoms with Gasteiger partial charge in [-0.05, 0) is 61.4 Å². The summed E-state index contributed by atoms with van der Waals surface area (Å²) in [5, 5.41) is 5.17. The van der Waals surface area contributed by atoms with Crippen molar-refractivity contribution < 1.29 is 13.9 Å². The Hall–Kier alpha value is -2.76. The average Bonchev–Trinajstić information content (AvgIpc) is 3.12. The van der Waals surface area contributed by atoms with Gasteiger partial charge in [0.05, 0.1) is 6.21 Å². The smallest absolute Gasteiger partial charge is 0.277 e. The first-order valence-electron chi connectivity index (χ1n) is 8.49. The largest absolute Gasteiger partial charge is 0.483 e. The molecule has 0 unspecified atom stereocenters. The number of hydrogen-bond donors (Lipinski definition) is 1. The van der Waals surface area contributed by atoms with Crippen LogP contribution < -0.4 is 10.2 Å². The number of nitrogens with zero attached hydrogens (tertiary/aromatic N) is 1. The summed E-state index contributed by atoms with van der Waals surface area (Å²) in [6, 6.07) is 14.5. The lowest BCUT2D eigenvalue weighted by atomic mass is 10.1. The van der Waals surface area contributed by atoms with Gasteiger partial charge in [-0.2, -0.15) is 5.10 Å². The lowest BCUT2D eigenvalue weighted by Crippen LogP contribution is -2.24. The maximum atomic E-state index is 11.9. The molecule has 144 valence electrons. The summed E-state index contributed by atoms with van der Waals surface area (Å²) in [7, 11) is 0. The highest BCUT2D eigenvalue weighted by molar-refractivity contribution is 6.31. The maximum Gasteiger partial charge on any atom is 0.277 e. The lowest BCUT2D eigenvalue weighted by Gasteiger charge is -2.08. The predicted octanol–water partition coefficient (Wildman–Crippen LogP) is 5.40. The van der Waals surface area contributed by atoms with Gasteiger partial charge in [-0.1, -0.05) is 35.3 Å². The van der Waals surface area contributed by atoms with Gasteiger partial charge in [-0.15, -0.1) is 0 Å². The van der Waals surface area contributed by atoms with Gasteiger partial charge in [-0.3, -0.25) is 4.79 Å². The van der Waals surface area contributed by atoms with Crippen molar-refractivity contribution in [3.05, 3.63) is 75.5 Å². The minimum atomic E-state index is -0.386. The van der Waals surface area contributed by atoms with Crippen LogP contribution in [0, 0.1) is 13.8 Å². The molecule has 0 aliphatic carbocycles. The first-order valence-corrected chi connectivity index (χ1v) is 9.25. The Morgan fingerprint density at radius 2 is 1.93 bits per heavy atom. The van der Waals surface area contributed by atoms with Crippen LogP contribution in [-0.4, -0.2) is 18.7 Å². The second-order valence-electron chi connectivity index (χ2n) is 6.16. The van der Waals surface area contributed by atoms with Crippen molar-refractivity contribution in [2.24, 2.45) is 5.10 Å². The molecule has 1 heterocycles. The van der Waals surface area contributed by atoms with Gasteiger partial charge < -0.3 is 9.15 Å². The van der Waals surface area contributed by atoms with E-state index in [1.807, 2.05) is 38.1 Å². The summed E-state index contributed by atoms with van der Waals surface area (Å²) in [4.78, 5) is 11.9. The van der Waals surface area contributed by atoms with E-state index in [0.29, 0.717) is 27.3 Å². The third kappa shape index (κ3) is 5.15. The van der Waals surface area contributed by atoms with Crippen LogP contribution >= 0.6 is 23.2 Å². The molecule has 0 atom stereocenters. The predicted molar refractivity (Wildman–Crippen MR) is 111 cm³/mol. The van der Waals surface area contributed by atoms with Crippen LogP contribution in [0.4, 0.5) is 0 Å². The molecule has 5 nitrogen and oxygen atoms in total. The fourth-order valence-corrected chi connectivity index (χ4v) is 2.85. The molecule has 3 aromatic rings. The third-order valence-electron chi connectivity index (χ3n) is 3.96. The third-order valence-corrected chi connectivity index (χ3v) is 4.60. The number of rotatable bonds is 6. The highest BCUT2D eigenvalue weighted by Gasteiger charge is 2.07. The molecule has 0 spiro atoms. The molecular weight excluding hydrogens is 399 g/mol. The van der Waals surface area contributed by atoms with Crippen LogP contribution in [0.25, 0.3) is 11.3 Å². The van der Waals surface area contributed by atoms with Gasteiger partial charge in [0.15, 0.2) is 6.61 Å². The zero-order valence-corrected chi connectivity index (χ0v) is 16.8. The highest BCUT2D eigenvalue weighted by atomic mass is 35.5. The van der Waals surface area contributed by atoms with Crippen molar-refractivity contribution in [3.63, 3.8) is 0 Å². The Morgan fingerprint density at radius 3 is 2.68 bits per heavy atom. The second-order valence-corrected chi connectivity index (χ2v) is 7.00. The van der Waals surface area contributed by atoms with Crippen molar-refractivity contribution in [2.75, 3.05) is 6.61 Å². The summed E-state index contributed by atoms with van der Waals surface area (Å²) >= 11 is 12.0.